The molecule has 0 spiro atoms. The number of halogens is 1. The maximum absolute atomic E-state index is 12.4. The molecule has 0 aliphatic carbocycles. The number of hydrogen-bond donors (Lipinski definition) is 1. The van der Waals surface area contributed by atoms with E-state index in [9.17, 15) is 4.79 Å². The number of amides is 1. The van der Waals surface area contributed by atoms with Crippen LogP contribution in [-0.2, 0) is 17.1 Å². The van der Waals surface area contributed by atoms with Gasteiger partial charge in [0.1, 0.15) is 0 Å². The van der Waals surface area contributed by atoms with Gasteiger partial charge in [0.2, 0.25) is 5.91 Å². The summed E-state index contributed by atoms with van der Waals surface area (Å²) in [6, 6.07) is 21.5. The molecule has 2 aromatic carbocycles. The van der Waals surface area contributed by atoms with Crippen LogP contribution >= 0.6 is 35.1 Å². The molecule has 6 nitrogen and oxygen atoms in total. The third-order valence-electron chi connectivity index (χ3n) is 4.80. The maximum Gasteiger partial charge on any atom is 0.230 e. The van der Waals surface area contributed by atoms with Gasteiger partial charge >= 0.3 is 0 Å². The van der Waals surface area contributed by atoms with Crippen molar-refractivity contribution in [2.24, 2.45) is 0 Å². The van der Waals surface area contributed by atoms with Crippen LogP contribution in [0.3, 0.4) is 0 Å². The fraction of sp³-hybridized carbons (Fsp3) is 0.167. The monoisotopic (exact) mass is 495 g/mol. The van der Waals surface area contributed by atoms with Gasteiger partial charge in [0.25, 0.3) is 0 Å². The Morgan fingerprint density at radius 2 is 1.79 bits per heavy atom. The van der Waals surface area contributed by atoms with Gasteiger partial charge in [-0.05, 0) is 42.3 Å². The lowest BCUT2D eigenvalue weighted by Gasteiger charge is -2.13. The fourth-order valence-corrected chi connectivity index (χ4v) is 5.06. The summed E-state index contributed by atoms with van der Waals surface area (Å²) in [6.45, 7) is 2.32. The van der Waals surface area contributed by atoms with E-state index in [0.717, 1.165) is 32.0 Å². The van der Waals surface area contributed by atoms with Crippen LogP contribution in [0.5, 0.6) is 0 Å². The summed E-state index contributed by atoms with van der Waals surface area (Å²) in [5, 5.41) is 14.0. The molecule has 0 saturated heterocycles. The number of pyridine rings is 1. The zero-order valence-corrected chi connectivity index (χ0v) is 20.3. The van der Waals surface area contributed by atoms with Gasteiger partial charge < -0.3 is 5.32 Å². The van der Waals surface area contributed by atoms with Gasteiger partial charge in [-0.3, -0.25) is 9.36 Å². The first-order valence-electron chi connectivity index (χ1n) is 10.3. The average Bonchev–Trinajstić information content (AvgIpc) is 3.24. The zero-order chi connectivity index (χ0) is 23.0. The molecule has 0 atom stereocenters. The molecule has 0 saturated carbocycles. The summed E-state index contributed by atoms with van der Waals surface area (Å²) in [7, 11) is 0. The molecule has 0 fully saturated rings. The minimum atomic E-state index is -0.0877. The predicted octanol–water partition coefficient (Wildman–Crippen LogP) is 5.32. The van der Waals surface area contributed by atoms with Crippen molar-refractivity contribution >= 4 is 41.0 Å². The Balaban J connectivity index is 1.49. The standard InChI is InChI=1S/C24H22ClN5OS2/c1-17-8-2-5-11-20(17)30-21(14-27-22(31)16-32-23-12-6-7-13-26-23)28-29-24(30)33-15-18-9-3-4-10-19(18)25/h2-13H,14-16H2,1H3,(H,27,31). The second-order valence-electron chi connectivity index (χ2n) is 7.13. The molecule has 9 heteroatoms. The largest absolute Gasteiger partial charge is 0.348 e. The summed E-state index contributed by atoms with van der Waals surface area (Å²) in [5.41, 5.74) is 3.11. The maximum atomic E-state index is 12.4. The lowest BCUT2D eigenvalue weighted by atomic mass is 10.2. The van der Waals surface area contributed by atoms with Gasteiger partial charge in [0, 0.05) is 17.0 Å². The van der Waals surface area contributed by atoms with Gasteiger partial charge in [0.05, 0.1) is 23.0 Å². The first kappa shape index (κ1) is 23.4. The Morgan fingerprint density at radius 3 is 2.58 bits per heavy atom. The van der Waals surface area contributed by atoms with Crippen LogP contribution in [0, 0.1) is 6.92 Å². The zero-order valence-electron chi connectivity index (χ0n) is 17.9. The quantitative estimate of drug-likeness (QED) is 0.316. The molecule has 1 amide bonds. The Hall–Kier alpha value is -2.81. The number of nitrogens with one attached hydrogen (secondary N) is 1. The number of aryl methyl sites for hydroxylation is 1. The minimum absolute atomic E-state index is 0.0877. The predicted molar refractivity (Wildman–Crippen MR) is 134 cm³/mol. The highest BCUT2D eigenvalue weighted by Crippen LogP contribution is 2.29. The Bertz CT molecular complexity index is 1230. The summed E-state index contributed by atoms with van der Waals surface area (Å²) in [6.07, 6.45) is 1.72. The molecule has 0 aliphatic rings. The van der Waals surface area contributed by atoms with Gasteiger partial charge in [-0.25, -0.2) is 4.98 Å². The highest BCUT2D eigenvalue weighted by Gasteiger charge is 2.17. The van der Waals surface area contributed by atoms with Gasteiger partial charge in [-0.1, -0.05) is 77.6 Å². The summed E-state index contributed by atoms with van der Waals surface area (Å²) in [4.78, 5) is 16.7. The summed E-state index contributed by atoms with van der Waals surface area (Å²) in [5.74, 6) is 1.53. The van der Waals surface area contributed by atoms with Gasteiger partial charge in [0.15, 0.2) is 11.0 Å². The summed E-state index contributed by atoms with van der Waals surface area (Å²) >= 11 is 9.28. The van der Waals surface area contributed by atoms with Crippen molar-refractivity contribution < 1.29 is 4.79 Å². The first-order valence-corrected chi connectivity index (χ1v) is 12.6. The van der Waals surface area contributed by atoms with Gasteiger partial charge in [-0.2, -0.15) is 0 Å². The molecule has 0 aliphatic heterocycles. The van der Waals surface area contributed by atoms with Crippen LogP contribution < -0.4 is 5.32 Å². The van der Waals surface area contributed by atoms with Crippen molar-refractivity contribution in [2.45, 2.75) is 29.4 Å². The van der Waals surface area contributed by atoms with E-state index in [1.807, 2.05) is 78.2 Å². The third kappa shape index (κ3) is 6.16. The molecular weight excluding hydrogens is 474 g/mol. The van der Waals surface area contributed by atoms with E-state index in [0.29, 0.717) is 11.6 Å². The molecular formula is C24H22ClN5OS2. The van der Waals surface area contributed by atoms with E-state index in [4.69, 9.17) is 11.6 Å². The molecule has 4 rings (SSSR count). The molecule has 0 radical (unpaired) electrons. The molecule has 1 N–H and O–H groups in total. The molecule has 2 heterocycles. The molecule has 168 valence electrons. The number of para-hydroxylation sites is 1. The van der Waals surface area contributed by atoms with Gasteiger partial charge in [-0.15, -0.1) is 10.2 Å². The van der Waals surface area contributed by atoms with Crippen molar-refractivity contribution in [3.8, 4) is 5.69 Å². The Kier molecular flexibility index (Phi) is 8.04. The lowest BCUT2D eigenvalue weighted by molar-refractivity contribution is -0.118. The minimum Gasteiger partial charge on any atom is -0.348 e. The van der Waals surface area contributed by atoms with E-state index in [1.165, 1.54) is 11.8 Å². The molecule has 0 unspecified atom stereocenters. The number of hydrogen-bond acceptors (Lipinski definition) is 6. The van der Waals surface area contributed by atoms with Crippen molar-refractivity contribution in [1.29, 1.82) is 0 Å². The third-order valence-corrected chi connectivity index (χ3v) is 7.09. The van der Waals surface area contributed by atoms with Crippen molar-refractivity contribution in [2.75, 3.05) is 5.75 Å². The van der Waals surface area contributed by atoms with Crippen LogP contribution in [0.2, 0.25) is 5.02 Å². The molecule has 4 aromatic rings. The summed E-state index contributed by atoms with van der Waals surface area (Å²) < 4.78 is 2.00. The van der Waals surface area contributed by atoms with E-state index >= 15 is 0 Å². The van der Waals surface area contributed by atoms with E-state index < -0.39 is 0 Å². The van der Waals surface area contributed by atoms with Crippen molar-refractivity contribution in [3.63, 3.8) is 0 Å². The molecule has 33 heavy (non-hydrogen) atoms. The Morgan fingerprint density at radius 1 is 1.00 bits per heavy atom. The smallest absolute Gasteiger partial charge is 0.230 e. The molecule has 2 aromatic heterocycles. The molecule has 0 bridgehead atoms. The number of rotatable bonds is 9. The first-order chi connectivity index (χ1) is 16.1. The van der Waals surface area contributed by atoms with Crippen LogP contribution in [-0.4, -0.2) is 31.4 Å². The number of benzene rings is 2. The van der Waals surface area contributed by atoms with E-state index in [1.54, 1.807) is 18.0 Å². The van der Waals surface area contributed by atoms with Crippen LogP contribution in [0.1, 0.15) is 17.0 Å². The van der Waals surface area contributed by atoms with Crippen LogP contribution in [0.25, 0.3) is 5.69 Å². The van der Waals surface area contributed by atoms with Crippen LogP contribution in [0.15, 0.2) is 83.1 Å². The number of carbonyl (C=O) groups excluding carboxylic acids is 1. The highest BCUT2D eigenvalue weighted by molar-refractivity contribution is 7.99. The van der Waals surface area contributed by atoms with Crippen molar-refractivity contribution in [3.05, 3.63) is 94.9 Å². The second kappa shape index (κ2) is 11.4. The number of thioether (sulfide) groups is 2. The highest BCUT2D eigenvalue weighted by atomic mass is 35.5. The topological polar surface area (TPSA) is 72.7 Å². The lowest BCUT2D eigenvalue weighted by Crippen LogP contribution is -2.26. The van der Waals surface area contributed by atoms with E-state index in [-0.39, 0.29) is 18.2 Å². The SMILES string of the molecule is Cc1ccccc1-n1c(CNC(=O)CSc2ccccn2)nnc1SCc1ccccc1Cl. The fourth-order valence-electron chi connectivity index (χ4n) is 3.12. The average molecular weight is 496 g/mol. The number of nitrogens with zero attached hydrogens (tertiary/aromatic N) is 4. The van der Waals surface area contributed by atoms with Crippen LogP contribution in [0.4, 0.5) is 0 Å². The number of carbonyl (C=O) groups is 1. The number of aromatic nitrogens is 4. The normalized spacial score (nSPS) is 10.8. The van der Waals surface area contributed by atoms with Crippen molar-refractivity contribution in [1.82, 2.24) is 25.1 Å². The Labute approximate surface area is 206 Å². The van der Waals surface area contributed by atoms with E-state index in [2.05, 4.69) is 20.5 Å². The second-order valence-corrected chi connectivity index (χ2v) is 9.48.